The van der Waals surface area contributed by atoms with Gasteiger partial charge < -0.3 is 0 Å². The summed E-state index contributed by atoms with van der Waals surface area (Å²) in [5.41, 5.74) is 1.29. The van der Waals surface area contributed by atoms with Gasteiger partial charge in [0.15, 0.2) is 0 Å². The number of hydrogen-bond donors (Lipinski definition) is 0. The van der Waals surface area contributed by atoms with Crippen molar-refractivity contribution in [3.05, 3.63) is 53.5 Å². The fourth-order valence-electron chi connectivity index (χ4n) is 1.33. The van der Waals surface area contributed by atoms with Crippen LogP contribution in [0.5, 0.6) is 0 Å². The van der Waals surface area contributed by atoms with E-state index in [0.29, 0.717) is 0 Å². The van der Waals surface area contributed by atoms with Gasteiger partial charge in [-0.2, -0.15) is 0 Å². The lowest BCUT2D eigenvalue weighted by Gasteiger charge is -2.06. The molecular weight excluding hydrogens is 404 g/mol. The first-order chi connectivity index (χ1) is 7.16. The standard InChI is InChI=1S/C11H7Br3S/c12-7-4-10(13)9(11(14)5-7)6-8-2-1-3-15-8/h1-5H,6H2. The zero-order valence-electron chi connectivity index (χ0n) is 7.64. The molecule has 0 N–H and O–H groups in total. The Hall–Kier alpha value is 0.360. The topological polar surface area (TPSA) is 0 Å². The van der Waals surface area contributed by atoms with Crippen molar-refractivity contribution in [2.45, 2.75) is 6.42 Å². The molecule has 0 fully saturated rings. The fourth-order valence-corrected chi connectivity index (χ4v) is 4.58. The maximum Gasteiger partial charge on any atom is 0.0233 e. The molecule has 0 aliphatic heterocycles. The van der Waals surface area contributed by atoms with Gasteiger partial charge in [0.1, 0.15) is 0 Å². The Labute approximate surface area is 118 Å². The van der Waals surface area contributed by atoms with Gasteiger partial charge >= 0.3 is 0 Å². The van der Waals surface area contributed by atoms with Crippen molar-refractivity contribution in [1.82, 2.24) is 0 Å². The third kappa shape index (κ3) is 2.93. The van der Waals surface area contributed by atoms with Crippen LogP contribution in [0.15, 0.2) is 43.1 Å². The van der Waals surface area contributed by atoms with Gasteiger partial charge in [-0.1, -0.05) is 53.9 Å². The summed E-state index contributed by atoms with van der Waals surface area (Å²) in [4.78, 5) is 1.37. The van der Waals surface area contributed by atoms with Crippen LogP contribution in [0.1, 0.15) is 10.4 Å². The Morgan fingerprint density at radius 2 is 1.73 bits per heavy atom. The Kier molecular flexibility index (Phi) is 4.04. The van der Waals surface area contributed by atoms with E-state index >= 15 is 0 Å². The Morgan fingerprint density at radius 1 is 1.07 bits per heavy atom. The first kappa shape index (κ1) is 11.8. The Bertz CT molecular complexity index is 440. The quantitative estimate of drug-likeness (QED) is 0.602. The van der Waals surface area contributed by atoms with Crippen LogP contribution in [0.3, 0.4) is 0 Å². The third-order valence-corrected chi connectivity index (χ3v) is 4.79. The van der Waals surface area contributed by atoms with E-state index in [1.807, 2.05) is 0 Å². The molecule has 78 valence electrons. The van der Waals surface area contributed by atoms with Gasteiger partial charge in [0, 0.05) is 24.7 Å². The summed E-state index contributed by atoms with van der Waals surface area (Å²) in [6.45, 7) is 0. The van der Waals surface area contributed by atoms with E-state index < -0.39 is 0 Å². The van der Waals surface area contributed by atoms with E-state index in [2.05, 4.69) is 77.4 Å². The Morgan fingerprint density at radius 3 is 2.27 bits per heavy atom. The van der Waals surface area contributed by atoms with Crippen LogP contribution in [0, 0.1) is 0 Å². The largest absolute Gasteiger partial charge is 0.149 e. The molecule has 0 nitrogen and oxygen atoms in total. The lowest BCUT2D eigenvalue weighted by atomic mass is 10.1. The molecule has 0 atom stereocenters. The van der Waals surface area contributed by atoms with Crippen LogP contribution >= 0.6 is 59.1 Å². The van der Waals surface area contributed by atoms with Crippen LogP contribution < -0.4 is 0 Å². The van der Waals surface area contributed by atoms with Gasteiger partial charge in [0.2, 0.25) is 0 Å². The molecule has 15 heavy (non-hydrogen) atoms. The summed E-state index contributed by atoms with van der Waals surface area (Å²) in [5, 5.41) is 2.11. The minimum atomic E-state index is 0.964. The van der Waals surface area contributed by atoms with Crippen molar-refractivity contribution >= 4 is 59.1 Å². The molecule has 0 saturated heterocycles. The highest BCUT2D eigenvalue weighted by atomic mass is 79.9. The minimum absolute atomic E-state index is 0.964. The monoisotopic (exact) mass is 408 g/mol. The van der Waals surface area contributed by atoms with Gasteiger partial charge in [-0.3, -0.25) is 0 Å². The molecule has 0 bridgehead atoms. The molecule has 2 aromatic rings. The first-order valence-corrected chi connectivity index (χ1v) is 7.58. The molecule has 2 rings (SSSR count). The van der Waals surface area contributed by atoms with E-state index in [1.54, 1.807) is 11.3 Å². The van der Waals surface area contributed by atoms with E-state index in [4.69, 9.17) is 0 Å². The summed E-state index contributed by atoms with van der Waals surface area (Å²) in [5.74, 6) is 0. The summed E-state index contributed by atoms with van der Waals surface area (Å²) < 4.78 is 3.35. The van der Waals surface area contributed by atoms with Crippen molar-refractivity contribution in [3.63, 3.8) is 0 Å². The number of halogens is 3. The molecule has 1 heterocycles. The summed E-state index contributed by atoms with van der Waals surface area (Å²) >= 11 is 12.4. The lowest BCUT2D eigenvalue weighted by molar-refractivity contribution is 1.20. The summed E-state index contributed by atoms with van der Waals surface area (Å²) in [7, 11) is 0. The highest BCUT2D eigenvalue weighted by Gasteiger charge is 2.08. The van der Waals surface area contributed by atoms with Crippen molar-refractivity contribution in [1.29, 1.82) is 0 Å². The molecule has 0 aliphatic carbocycles. The molecule has 0 spiro atoms. The predicted octanol–water partition coefficient (Wildman–Crippen LogP) is 5.63. The summed E-state index contributed by atoms with van der Waals surface area (Å²) in [6, 6.07) is 8.40. The van der Waals surface area contributed by atoms with E-state index in [1.165, 1.54) is 10.4 Å². The smallest absolute Gasteiger partial charge is 0.0233 e. The van der Waals surface area contributed by atoms with Gasteiger partial charge in [0.05, 0.1) is 0 Å². The highest BCUT2D eigenvalue weighted by molar-refractivity contribution is 9.11. The molecule has 1 aromatic heterocycles. The van der Waals surface area contributed by atoms with Crippen molar-refractivity contribution in [2.75, 3.05) is 0 Å². The van der Waals surface area contributed by atoms with Crippen molar-refractivity contribution in [2.24, 2.45) is 0 Å². The van der Waals surface area contributed by atoms with Gasteiger partial charge in [0.25, 0.3) is 0 Å². The zero-order chi connectivity index (χ0) is 10.8. The molecular formula is C11H7Br3S. The third-order valence-electron chi connectivity index (χ3n) is 2.04. The number of rotatable bonds is 2. The predicted molar refractivity (Wildman–Crippen MR) is 76.7 cm³/mol. The number of benzene rings is 1. The van der Waals surface area contributed by atoms with Crippen molar-refractivity contribution in [3.8, 4) is 0 Å². The van der Waals surface area contributed by atoms with Crippen LogP contribution in [0.25, 0.3) is 0 Å². The van der Waals surface area contributed by atoms with Crippen LogP contribution in [-0.2, 0) is 6.42 Å². The average Bonchev–Trinajstić information content (AvgIpc) is 2.63. The first-order valence-electron chi connectivity index (χ1n) is 4.32. The lowest BCUT2D eigenvalue weighted by Crippen LogP contribution is -1.89. The maximum absolute atomic E-state index is 3.59. The average molecular weight is 411 g/mol. The molecule has 4 heteroatoms. The molecule has 0 unspecified atom stereocenters. The highest BCUT2D eigenvalue weighted by Crippen LogP contribution is 2.32. The van der Waals surface area contributed by atoms with Crippen LogP contribution in [-0.4, -0.2) is 0 Å². The van der Waals surface area contributed by atoms with E-state index in [9.17, 15) is 0 Å². The second-order valence-electron chi connectivity index (χ2n) is 3.10. The second kappa shape index (κ2) is 5.13. The maximum atomic E-state index is 3.59. The molecule has 0 amide bonds. The van der Waals surface area contributed by atoms with E-state index in [-0.39, 0.29) is 0 Å². The Balaban J connectivity index is 2.36. The molecule has 0 saturated carbocycles. The normalized spacial score (nSPS) is 10.6. The molecule has 0 aliphatic rings. The molecule has 1 aromatic carbocycles. The fraction of sp³-hybridized carbons (Fsp3) is 0.0909. The van der Waals surface area contributed by atoms with E-state index in [0.717, 1.165) is 19.8 Å². The number of hydrogen-bond acceptors (Lipinski definition) is 1. The van der Waals surface area contributed by atoms with Crippen LogP contribution in [0.4, 0.5) is 0 Å². The van der Waals surface area contributed by atoms with Crippen molar-refractivity contribution < 1.29 is 0 Å². The van der Waals surface area contributed by atoms with Gasteiger partial charge in [-0.05, 0) is 29.1 Å². The zero-order valence-corrected chi connectivity index (χ0v) is 13.2. The number of thiophene rings is 1. The minimum Gasteiger partial charge on any atom is -0.149 e. The van der Waals surface area contributed by atoms with Gasteiger partial charge in [-0.15, -0.1) is 11.3 Å². The van der Waals surface area contributed by atoms with Gasteiger partial charge in [-0.25, -0.2) is 0 Å². The summed E-state index contributed by atoms with van der Waals surface area (Å²) in [6.07, 6.45) is 0.964. The molecule has 0 radical (unpaired) electrons. The van der Waals surface area contributed by atoms with Crippen LogP contribution in [0.2, 0.25) is 0 Å². The SMILES string of the molecule is Brc1cc(Br)c(Cc2cccs2)c(Br)c1. The second-order valence-corrected chi connectivity index (χ2v) is 6.76.